The highest BCUT2D eigenvalue weighted by molar-refractivity contribution is 5.87. The van der Waals surface area contributed by atoms with E-state index in [1.165, 1.54) is 6.42 Å². The van der Waals surface area contributed by atoms with Crippen LogP contribution in [0.15, 0.2) is 24.5 Å². The Hall–Kier alpha value is -1.22. The van der Waals surface area contributed by atoms with Crippen molar-refractivity contribution in [2.75, 3.05) is 6.54 Å². The summed E-state index contributed by atoms with van der Waals surface area (Å²) in [6.45, 7) is 0.497. The summed E-state index contributed by atoms with van der Waals surface area (Å²) in [6.07, 6.45) is 9.42. The van der Waals surface area contributed by atoms with Gasteiger partial charge in [0.15, 0.2) is 0 Å². The van der Waals surface area contributed by atoms with Crippen LogP contribution in [0.25, 0.3) is 0 Å². The monoisotopic (exact) mass is 232 g/mol. The van der Waals surface area contributed by atoms with Crippen molar-refractivity contribution in [1.29, 1.82) is 0 Å². The third-order valence-corrected chi connectivity index (χ3v) is 3.91. The summed E-state index contributed by atoms with van der Waals surface area (Å²) in [5, 5.41) is 0. The molecule has 0 amide bonds. The number of hydrogen-bond acceptors (Lipinski definition) is 3. The zero-order chi connectivity index (χ0) is 12.1. The number of hydrogen-bond donors (Lipinski definition) is 1. The van der Waals surface area contributed by atoms with Gasteiger partial charge < -0.3 is 5.73 Å². The Morgan fingerprint density at radius 3 is 2.47 bits per heavy atom. The van der Waals surface area contributed by atoms with Crippen LogP contribution in [-0.2, 0) is 11.2 Å². The summed E-state index contributed by atoms with van der Waals surface area (Å²) in [5.74, 6) is 0.311. The minimum Gasteiger partial charge on any atom is -0.329 e. The number of nitrogens with zero attached hydrogens (tertiary/aromatic N) is 1. The van der Waals surface area contributed by atoms with E-state index in [4.69, 9.17) is 5.73 Å². The van der Waals surface area contributed by atoms with Crippen LogP contribution < -0.4 is 5.73 Å². The molecule has 0 bridgehead atoms. The van der Waals surface area contributed by atoms with Crippen molar-refractivity contribution in [2.45, 2.75) is 38.5 Å². The standard InChI is InChI=1S/C14H20N2O/c15-11-14(6-2-1-3-7-14)13(17)10-12-4-8-16-9-5-12/h4-5,8-9H,1-3,6-7,10-11,15H2. The van der Waals surface area contributed by atoms with E-state index >= 15 is 0 Å². The Morgan fingerprint density at radius 2 is 1.88 bits per heavy atom. The number of rotatable bonds is 4. The average Bonchev–Trinajstić information content (AvgIpc) is 2.40. The maximum atomic E-state index is 12.4. The summed E-state index contributed by atoms with van der Waals surface area (Å²) in [5.41, 5.74) is 6.66. The molecule has 0 aromatic carbocycles. The van der Waals surface area contributed by atoms with Crippen molar-refractivity contribution < 1.29 is 4.79 Å². The molecule has 3 nitrogen and oxygen atoms in total. The fourth-order valence-electron chi connectivity index (χ4n) is 2.70. The number of Topliss-reactive ketones (excluding diaryl/α,β-unsaturated/α-hetero) is 1. The molecule has 1 heterocycles. The van der Waals surface area contributed by atoms with E-state index in [9.17, 15) is 4.79 Å². The van der Waals surface area contributed by atoms with Crippen LogP contribution in [0.1, 0.15) is 37.7 Å². The zero-order valence-electron chi connectivity index (χ0n) is 10.2. The molecule has 0 spiro atoms. The first-order valence-electron chi connectivity index (χ1n) is 6.39. The summed E-state index contributed by atoms with van der Waals surface area (Å²) in [6, 6.07) is 3.82. The van der Waals surface area contributed by atoms with Crippen molar-refractivity contribution in [3.8, 4) is 0 Å². The van der Waals surface area contributed by atoms with Gasteiger partial charge in [-0.25, -0.2) is 0 Å². The minimum absolute atomic E-state index is 0.248. The van der Waals surface area contributed by atoms with E-state index in [2.05, 4.69) is 4.98 Å². The summed E-state index contributed by atoms with van der Waals surface area (Å²) in [4.78, 5) is 16.4. The normalized spacial score (nSPS) is 18.9. The molecule has 0 atom stereocenters. The van der Waals surface area contributed by atoms with Gasteiger partial charge in [0.05, 0.1) is 0 Å². The van der Waals surface area contributed by atoms with Crippen LogP contribution in [-0.4, -0.2) is 17.3 Å². The Labute approximate surface area is 102 Å². The second-order valence-electron chi connectivity index (χ2n) is 5.00. The molecular formula is C14H20N2O. The fourth-order valence-corrected chi connectivity index (χ4v) is 2.70. The molecule has 0 saturated heterocycles. The molecule has 1 fully saturated rings. The number of ketones is 1. The van der Waals surface area contributed by atoms with Crippen molar-refractivity contribution in [3.63, 3.8) is 0 Å². The van der Waals surface area contributed by atoms with Crippen LogP contribution >= 0.6 is 0 Å². The molecule has 2 N–H and O–H groups in total. The van der Waals surface area contributed by atoms with Gasteiger partial charge in [0.1, 0.15) is 5.78 Å². The van der Waals surface area contributed by atoms with Gasteiger partial charge in [0.2, 0.25) is 0 Å². The molecule has 17 heavy (non-hydrogen) atoms. The highest BCUT2D eigenvalue weighted by atomic mass is 16.1. The van der Waals surface area contributed by atoms with E-state index in [1.54, 1.807) is 12.4 Å². The van der Waals surface area contributed by atoms with Crippen LogP contribution in [0.5, 0.6) is 0 Å². The molecule has 92 valence electrons. The van der Waals surface area contributed by atoms with Gasteiger partial charge in [-0.2, -0.15) is 0 Å². The summed E-state index contributed by atoms with van der Waals surface area (Å²) >= 11 is 0. The molecule has 0 radical (unpaired) electrons. The van der Waals surface area contributed by atoms with Crippen LogP contribution in [0, 0.1) is 5.41 Å². The predicted molar refractivity (Wildman–Crippen MR) is 67.5 cm³/mol. The smallest absolute Gasteiger partial charge is 0.144 e. The molecule has 1 saturated carbocycles. The Kier molecular flexibility index (Phi) is 3.89. The van der Waals surface area contributed by atoms with E-state index in [0.717, 1.165) is 31.2 Å². The first-order valence-corrected chi connectivity index (χ1v) is 6.39. The maximum absolute atomic E-state index is 12.4. The SMILES string of the molecule is NCC1(C(=O)Cc2ccncc2)CCCCC1. The number of aromatic nitrogens is 1. The molecule has 1 aromatic heterocycles. The molecular weight excluding hydrogens is 212 g/mol. The van der Waals surface area contributed by atoms with E-state index in [0.29, 0.717) is 18.7 Å². The lowest BCUT2D eigenvalue weighted by atomic mass is 9.70. The van der Waals surface area contributed by atoms with Gasteiger partial charge in [-0.05, 0) is 30.5 Å². The topological polar surface area (TPSA) is 56.0 Å². The first-order chi connectivity index (χ1) is 8.27. The van der Waals surface area contributed by atoms with Crippen LogP contribution in [0.4, 0.5) is 0 Å². The van der Waals surface area contributed by atoms with Gasteiger partial charge in [-0.1, -0.05) is 19.3 Å². The van der Waals surface area contributed by atoms with Gasteiger partial charge in [-0.15, -0.1) is 0 Å². The second-order valence-corrected chi connectivity index (χ2v) is 5.00. The lowest BCUT2D eigenvalue weighted by Crippen LogP contribution is -2.41. The quantitative estimate of drug-likeness (QED) is 0.865. The van der Waals surface area contributed by atoms with E-state index in [-0.39, 0.29) is 5.41 Å². The number of carbonyl (C=O) groups excluding carboxylic acids is 1. The maximum Gasteiger partial charge on any atom is 0.144 e. The highest BCUT2D eigenvalue weighted by Gasteiger charge is 2.37. The molecule has 0 unspecified atom stereocenters. The van der Waals surface area contributed by atoms with E-state index in [1.807, 2.05) is 12.1 Å². The third kappa shape index (κ3) is 2.72. The molecule has 1 aliphatic carbocycles. The minimum atomic E-state index is -0.248. The van der Waals surface area contributed by atoms with Crippen molar-refractivity contribution in [1.82, 2.24) is 4.98 Å². The lowest BCUT2D eigenvalue weighted by Gasteiger charge is -2.34. The fraction of sp³-hybridized carbons (Fsp3) is 0.571. The second kappa shape index (κ2) is 5.41. The van der Waals surface area contributed by atoms with Gasteiger partial charge in [0.25, 0.3) is 0 Å². The van der Waals surface area contributed by atoms with Gasteiger partial charge >= 0.3 is 0 Å². The molecule has 2 rings (SSSR count). The van der Waals surface area contributed by atoms with Crippen molar-refractivity contribution in [3.05, 3.63) is 30.1 Å². The summed E-state index contributed by atoms with van der Waals surface area (Å²) < 4.78 is 0. The predicted octanol–water partition coefficient (Wildman–Crippen LogP) is 2.10. The molecule has 0 aliphatic heterocycles. The van der Waals surface area contributed by atoms with Crippen LogP contribution in [0.3, 0.4) is 0 Å². The largest absolute Gasteiger partial charge is 0.329 e. The van der Waals surface area contributed by atoms with Gasteiger partial charge in [0, 0.05) is 30.8 Å². The highest BCUT2D eigenvalue weighted by Crippen LogP contribution is 2.37. The zero-order valence-corrected chi connectivity index (χ0v) is 10.2. The molecule has 3 heteroatoms. The lowest BCUT2D eigenvalue weighted by molar-refractivity contribution is -0.129. The van der Waals surface area contributed by atoms with Gasteiger partial charge in [-0.3, -0.25) is 9.78 Å². The van der Waals surface area contributed by atoms with Crippen molar-refractivity contribution >= 4 is 5.78 Å². The third-order valence-electron chi connectivity index (χ3n) is 3.91. The van der Waals surface area contributed by atoms with Crippen LogP contribution in [0.2, 0.25) is 0 Å². The first kappa shape index (κ1) is 12.2. The Morgan fingerprint density at radius 1 is 1.24 bits per heavy atom. The van der Waals surface area contributed by atoms with E-state index < -0.39 is 0 Å². The average molecular weight is 232 g/mol. The summed E-state index contributed by atoms with van der Waals surface area (Å²) in [7, 11) is 0. The van der Waals surface area contributed by atoms with Crippen molar-refractivity contribution in [2.24, 2.45) is 11.1 Å². The number of pyridine rings is 1. The number of nitrogens with two attached hydrogens (primary N) is 1. The molecule has 1 aromatic rings. The Bertz CT molecular complexity index is 369. The Balaban J connectivity index is 2.07. The molecule has 1 aliphatic rings. The number of carbonyl (C=O) groups is 1.